The van der Waals surface area contributed by atoms with Crippen molar-refractivity contribution in [3.8, 4) is 5.75 Å². The summed E-state index contributed by atoms with van der Waals surface area (Å²) in [4.78, 5) is 16.0. The zero-order valence-corrected chi connectivity index (χ0v) is 13.2. The maximum atomic E-state index is 12.0. The van der Waals surface area contributed by atoms with E-state index < -0.39 is 0 Å². The summed E-state index contributed by atoms with van der Waals surface area (Å²) in [6.07, 6.45) is 3.76. The Labute approximate surface area is 137 Å². The van der Waals surface area contributed by atoms with Gasteiger partial charge in [-0.3, -0.25) is 15.1 Å². The number of pyridine rings is 1. The van der Waals surface area contributed by atoms with Crippen molar-refractivity contribution in [1.29, 1.82) is 0 Å². The molecule has 116 valence electrons. The number of methoxy groups -OCH3 is 1. The monoisotopic (exact) mass is 326 g/mol. The van der Waals surface area contributed by atoms with E-state index in [2.05, 4.69) is 20.5 Å². The molecule has 0 aliphatic heterocycles. The van der Waals surface area contributed by atoms with E-state index in [9.17, 15) is 4.79 Å². The topological polar surface area (TPSA) is 77.0 Å². The van der Waals surface area contributed by atoms with Gasteiger partial charge in [-0.1, -0.05) is 23.5 Å². The highest BCUT2D eigenvalue weighted by molar-refractivity contribution is 7.15. The van der Waals surface area contributed by atoms with Crippen molar-refractivity contribution in [2.75, 3.05) is 12.4 Å². The number of carbonyl (C=O) groups is 1. The zero-order chi connectivity index (χ0) is 16.1. The van der Waals surface area contributed by atoms with Gasteiger partial charge in [0.2, 0.25) is 5.13 Å². The molecular formula is C16H14N4O2S. The fourth-order valence-electron chi connectivity index (χ4n) is 2.00. The molecule has 0 fully saturated rings. The molecule has 0 saturated heterocycles. The van der Waals surface area contributed by atoms with Crippen molar-refractivity contribution in [2.24, 2.45) is 0 Å². The number of rotatable bonds is 5. The van der Waals surface area contributed by atoms with Gasteiger partial charge in [0.15, 0.2) is 0 Å². The van der Waals surface area contributed by atoms with Gasteiger partial charge in [-0.15, -0.1) is 10.2 Å². The Kier molecular flexibility index (Phi) is 4.58. The number of anilines is 1. The van der Waals surface area contributed by atoms with Crippen LogP contribution in [0, 0.1) is 0 Å². The third-order valence-corrected chi connectivity index (χ3v) is 3.94. The molecule has 1 amide bonds. The van der Waals surface area contributed by atoms with Crippen LogP contribution in [0.25, 0.3) is 0 Å². The second-order valence-corrected chi connectivity index (χ2v) is 5.79. The lowest BCUT2D eigenvalue weighted by Crippen LogP contribution is -2.11. The van der Waals surface area contributed by atoms with Gasteiger partial charge in [-0.25, -0.2) is 0 Å². The molecule has 0 aliphatic carbocycles. The minimum absolute atomic E-state index is 0.248. The number of ether oxygens (including phenoxy) is 1. The first-order valence-corrected chi connectivity index (χ1v) is 7.73. The molecule has 0 spiro atoms. The molecule has 1 aromatic carbocycles. The molecule has 0 saturated carbocycles. The van der Waals surface area contributed by atoms with E-state index in [1.54, 1.807) is 25.4 Å². The summed E-state index contributed by atoms with van der Waals surface area (Å²) in [6, 6.07) is 11.2. The standard InChI is InChI=1S/C16H14N4O2S/c1-22-13-6-2-4-11(8-13)9-14-19-20-16(23-14)18-15(21)12-5-3-7-17-10-12/h2-8,10H,9H2,1H3,(H,18,20,21). The lowest BCUT2D eigenvalue weighted by molar-refractivity contribution is 0.102. The second-order valence-electron chi connectivity index (χ2n) is 4.73. The maximum Gasteiger partial charge on any atom is 0.259 e. The molecule has 2 aromatic heterocycles. The predicted octanol–water partition coefficient (Wildman–Crippen LogP) is 2.78. The molecular weight excluding hydrogens is 312 g/mol. The van der Waals surface area contributed by atoms with Crippen molar-refractivity contribution in [3.63, 3.8) is 0 Å². The van der Waals surface area contributed by atoms with Crippen LogP contribution in [-0.4, -0.2) is 28.2 Å². The molecule has 0 aliphatic rings. The van der Waals surface area contributed by atoms with Crippen molar-refractivity contribution >= 4 is 22.4 Å². The summed E-state index contributed by atoms with van der Waals surface area (Å²) in [5.41, 5.74) is 1.56. The summed E-state index contributed by atoms with van der Waals surface area (Å²) in [5.74, 6) is 0.555. The SMILES string of the molecule is COc1cccc(Cc2nnc(NC(=O)c3cccnc3)s2)c1. The maximum absolute atomic E-state index is 12.0. The zero-order valence-electron chi connectivity index (χ0n) is 12.4. The molecule has 2 heterocycles. The number of carbonyl (C=O) groups excluding carboxylic acids is 1. The van der Waals surface area contributed by atoms with Gasteiger partial charge in [0.05, 0.1) is 12.7 Å². The highest BCUT2D eigenvalue weighted by atomic mass is 32.1. The van der Waals surface area contributed by atoms with E-state index >= 15 is 0 Å². The van der Waals surface area contributed by atoms with Gasteiger partial charge in [0.1, 0.15) is 10.8 Å². The van der Waals surface area contributed by atoms with E-state index in [-0.39, 0.29) is 5.91 Å². The first-order chi connectivity index (χ1) is 11.2. The summed E-state index contributed by atoms with van der Waals surface area (Å²) >= 11 is 1.35. The fourth-order valence-corrected chi connectivity index (χ4v) is 2.77. The number of nitrogens with one attached hydrogen (secondary N) is 1. The van der Waals surface area contributed by atoms with Gasteiger partial charge in [-0.05, 0) is 29.8 Å². The first kappa shape index (κ1) is 15.1. The predicted molar refractivity (Wildman–Crippen MR) is 87.9 cm³/mol. The Morgan fingerprint density at radius 1 is 1.26 bits per heavy atom. The largest absolute Gasteiger partial charge is 0.497 e. The average Bonchev–Trinajstić information content (AvgIpc) is 3.02. The Hall–Kier alpha value is -2.80. The fraction of sp³-hybridized carbons (Fsp3) is 0.125. The van der Waals surface area contributed by atoms with Crippen molar-refractivity contribution in [3.05, 3.63) is 64.9 Å². The Morgan fingerprint density at radius 2 is 2.17 bits per heavy atom. The van der Waals surface area contributed by atoms with Gasteiger partial charge in [-0.2, -0.15) is 0 Å². The highest BCUT2D eigenvalue weighted by Gasteiger charge is 2.10. The van der Waals surface area contributed by atoms with Crippen LogP contribution in [-0.2, 0) is 6.42 Å². The van der Waals surface area contributed by atoms with Crippen LogP contribution in [0.2, 0.25) is 0 Å². The quantitative estimate of drug-likeness (QED) is 0.780. The smallest absolute Gasteiger partial charge is 0.259 e. The van der Waals surface area contributed by atoms with E-state index in [1.807, 2.05) is 24.3 Å². The van der Waals surface area contributed by atoms with Crippen LogP contribution in [0.4, 0.5) is 5.13 Å². The summed E-state index contributed by atoms with van der Waals surface area (Å²) in [5, 5.41) is 12.1. The Bertz CT molecular complexity index is 805. The minimum Gasteiger partial charge on any atom is -0.497 e. The number of nitrogens with zero attached hydrogens (tertiary/aromatic N) is 3. The Morgan fingerprint density at radius 3 is 2.96 bits per heavy atom. The molecule has 3 aromatic rings. The summed E-state index contributed by atoms with van der Waals surface area (Å²) in [7, 11) is 1.64. The van der Waals surface area contributed by atoms with Crippen LogP contribution < -0.4 is 10.1 Å². The summed E-state index contributed by atoms with van der Waals surface area (Å²) in [6.45, 7) is 0. The van der Waals surface area contributed by atoms with Gasteiger partial charge < -0.3 is 4.74 Å². The van der Waals surface area contributed by atoms with Crippen molar-refractivity contribution in [1.82, 2.24) is 15.2 Å². The number of amides is 1. The van der Waals surface area contributed by atoms with Crippen LogP contribution in [0.1, 0.15) is 20.9 Å². The molecule has 6 nitrogen and oxygen atoms in total. The minimum atomic E-state index is -0.248. The van der Waals surface area contributed by atoms with E-state index in [4.69, 9.17) is 4.74 Å². The highest BCUT2D eigenvalue weighted by Crippen LogP contribution is 2.21. The molecule has 0 radical (unpaired) electrons. The molecule has 3 rings (SSSR count). The Balaban J connectivity index is 1.67. The first-order valence-electron chi connectivity index (χ1n) is 6.91. The third kappa shape index (κ3) is 3.89. The van der Waals surface area contributed by atoms with Crippen LogP contribution in [0.3, 0.4) is 0 Å². The number of hydrogen-bond donors (Lipinski definition) is 1. The average molecular weight is 326 g/mol. The number of aromatic nitrogens is 3. The summed E-state index contributed by atoms with van der Waals surface area (Å²) < 4.78 is 5.20. The van der Waals surface area contributed by atoms with Crippen molar-refractivity contribution < 1.29 is 9.53 Å². The lowest BCUT2D eigenvalue weighted by Gasteiger charge is -2.02. The number of hydrogen-bond acceptors (Lipinski definition) is 6. The van der Waals surface area contributed by atoms with E-state index in [1.165, 1.54) is 17.5 Å². The van der Waals surface area contributed by atoms with Crippen LogP contribution in [0.5, 0.6) is 5.75 Å². The molecule has 0 atom stereocenters. The van der Waals surface area contributed by atoms with Gasteiger partial charge >= 0.3 is 0 Å². The molecule has 23 heavy (non-hydrogen) atoms. The normalized spacial score (nSPS) is 10.3. The molecule has 1 N–H and O–H groups in total. The van der Waals surface area contributed by atoms with Crippen LogP contribution >= 0.6 is 11.3 Å². The second kappa shape index (κ2) is 6.97. The molecule has 0 unspecified atom stereocenters. The van der Waals surface area contributed by atoms with Crippen LogP contribution in [0.15, 0.2) is 48.8 Å². The van der Waals surface area contributed by atoms with Gasteiger partial charge in [0, 0.05) is 18.8 Å². The lowest BCUT2D eigenvalue weighted by atomic mass is 10.1. The van der Waals surface area contributed by atoms with E-state index in [0.29, 0.717) is 17.1 Å². The third-order valence-electron chi connectivity index (χ3n) is 3.10. The number of benzene rings is 1. The molecule has 0 bridgehead atoms. The van der Waals surface area contributed by atoms with Gasteiger partial charge in [0.25, 0.3) is 5.91 Å². The van der Waals surface area contributed by atoms with Crippen molar-refractivity contribution in [2.45, 2.75) is 6.42 Å². The van der Waals surface area contributed by atoms with E-state index in [0.717, 1.165) is 16.3 Å². The molecule has 7 heteroatoms.